The lowest BCUT2D eigenvalue weighted by Gasteiger charge is -2.20. The molecule has 6 nitrogen and oxygen atoms in total. The number of alkyl halides is 4. The van der Waals surface area contributed by atoms with Gasteiger partial charge < -0.3 is 15.0 Å². The van der Waals surface area contributed by atoms with Crippen LogP contribution in [0.5, 0.6) is 6.01 Å². The lowest BCUT2D eigenvalue weighted by atomic mass is 10.3. The molecule has 26 heavy (non-hydrogen) atoms. The standard InChI is InChI=1S/C16H19F4N5O/c1-3-25(4-2)14-22-13(21-11-8-6-5-7-9-11)23-15(24-14)26-10-16(19,20)12(17)18/h5-9,12H,3-4,10H2,1-2H3,(H,21,22,23,24). The highest BCUT2D eigenvalue weighted by atomic mass is 19.3. The number of hydrogen-bond acceptors (Lipinski definition) is 6. The second-order valence-corrected chi connectivity index (χ2v) is 5.26. The summed E-state index contributed by atoms with van der Waals surface area (Å²) in [5, 5.41) is 2.90. The molecule has 2 rings (SSSR count). The number of benzene rings is 1. The summed E-state index contributed by atoms with van der Waals surface area (Å²) in [5.41, 5.74) is 0.660. The SMILES string of the molecule is CCN(CC)c1nc(Nc2ccccc2)nc(OCC(F)(F)C(F)F)n1. The van der Waals surface area contributed by atoms with Crippen molar-refractivity contribution in [1.82, 2.24) is 15.0 Å². The van der Waals surface area contributed by atoms with Crippen LogP contribution in [0.3, 0.4) is 0 Å². The van der Waals surface area contributed by atoms with Gasteiger partial charge in [0, 0.05) is 18.8 Å². The highest BCUT2D eigenvalue weighted by Gasteiger charge is 2.42. The maximum atomic E-state index is 13.1. The van der Waals surface area contributed by atoms with E-state index in [1.54, 1.807) is 29.2 Å². The second kappa shape index (κ2) is 8.63. The minimum atomic E-state index is -4.30. The van der Waals surface area contributed by atoms with Gasteiger partial charge in [-0.15, -0.1) is 0 Å². The van der Waals surface area contributed by atoms with E-state index in [-0.39, 0.29) is 11.9 Å². The molecule has 0 unspecified atom stereocenters. The molecule has 0 amide bonds. The van der Waals surface area contributed by atoms with Crippen LogP contribution in [0.2, 0.25) is 0 Å². The first kappa shape index (κ1) is 19.7. The van der Waals surface area contributed by atoms with Gasteiger partial charge >= 0.3 is 18.4 Å². The Balaban J connectivity index is 2.28. The molecule has 1 N–H and O–H groups in total. The van der Waals surface area contributed by atoms with Crippen molar-refractivity contribution in [1.29, 1.82) is 0 Å². The molecule has 0 radical (unpaired) electrons. The summed E-state index contributed by atoms with van der Waals surface area (Å²) >= 11 is 0. The number of nitrogens with one attached hydrogen (secondary N) is 1. The molecule has 0 spiro atoms. The molecule has 0 saturated carbocycles. The van der Waals surface area contributed by atoms with E-state index in [0.717, 1.165) is 0 Å². The molecular formula is C16H19F4N5O. The summed E-state index contributed by atoms with van der Waals surface area (Å²) in [4.78, 5) is 13.8. The summed E-state index contributed by atoms with van der Waals surface area (Å²) in [6.07, 6.45) is -3.84. The van der Waals surface area contributed by atoms with Gasteiger partial charge in [0.25, 0.3) is 0 Å². The molecule has 0 bridgehead atoms. The fourth-order valence-corrected chi connectivity index (χ4v) is 1.99. The van der Waals surface area contributed by atoms with Crippen molar-refractivity contribution in [2.45, 2.75) is 26.2 Å². The van der Waals surface area contributed by atoms with E-state index in [1.807, 2.05) is 19.9 Å². The predicted molar refractivity (Wildman–Crippen MR) is 89.6 cm³/mol. The summed E-state index contributed by atoms with van der Waals surface area (Å²) in [7, 11) is 0. The molecule has 10 heteroatoms. The fraction of sp³-hybridized carbons (Fsp3) is 0.438. The number of aromatic nitrogens is 3. The van der Waals surface area contributed by atoms with Gasteiger partial charge in [0.05, 0.1) is 0 Å². The van der Waals surface area contributed by atoms with Crippen LogP contribution < -0.4 is 15.0 Å². The molecule has 2 aromatic rings. The van der Waals surface area contributed by atoms with E-state index in [1.165, 1.54) is 0 Å². The topological polar surface area (TPSA) is 63.2 Å². The summed E-state index contributed by atoms with van der Waals surface area (Å²) in [5.74, 6) is -4.04. The van der Waals surface area contributed by atoms with Crippen molar-refractivity contribution < 1.29 is 22.3 Å². The van der Waals surface area contributed by atoms with Gasteiger partial charge in [-0.3, -0.25) is 0 Å². The van der Waals surface area contributed by atoms with Gasteiger partial charge in [-0.25, -0.2) is 8.78 Å². The maximum Gasteiger partial charge on any atom is 0.340 e. The van der Waals surface area contributed by atoms with Crippen LogP contribution in [0.15, 0.2) is 30.3 Å². The van der Waals surface area contributed by atoms with Crippen LogP contribution in [-0.2, 0) is 0 Å². The first-order chi connectivity index (χ1) is 12.4. The molecule has 0 aliphatic rings. The van der Waals surface area contributed by atoms with Crippen LogP contribution in [-0.4, -0.2) is 47.0 Å². The van der Waals surface area contributed by atoms with Gasteiger partial charge in [-0.2, -0.15) is 23.7 Å². The Kier molecular flexibility index (Phi) is 6.53. The minimum absolute atomic E-state index is 0.0588. The number of para-hydroxylation sites is 1. The number of halogens is 4. The predicted octanol–water partition coefficient (Wildman–Crippen LogP) is 3.74. The van der Waals surface area contributed by atoms with Crippen molar-refractivity contribution in [3.8, 4) is 6.01 Å². The number of nitrogens with zero attached hydrogens (tertiary/aromatic N) is 4. The lowest BCUT2D eigenvalue weighted by molar-refractivity contribution is -0.149. The molecular weight excluding hydrogens is 354 g/mol. The molecule has 142 valence electrons. The average Bonchev–Trinajstić information content (AvgIpc) is 2.62. The second-order valence-electron chi connectivity index (χ2n) is 5.26. The maximum absolute atomic E-state index is 13.1. The molecule has 0 fully saturated rings. The third-order valence-electron chi connectivity index (χ3n) is 3.39. The number of ether oxygens (including phenoxy) is 1. The van der Waals surface area contributed by atoms with Gasteiger partial charge in [0.2, 0.25) is 11.9 Å². The van der Waals surface area contributed by atoms with Gasteiger partial charge in [-0.05, 0) is 26.0 Å². The first-order valence-corrected chi connectivity index (χ1v) is 7.97. The fourth-order valence-electron chi connectivity index (χ4n) is 1.99. The lowest BCUT2D eigenvalue weighted by Crippen LogP contribution is -2.34. The average molecular weight is 373 g/mol. The van der Waals surface area contributed by atoms with E-state index in [9.17, 15) is 17.6 Å². The minimum Gasteiger partial charge on any atom is -0.457 e. The van der Waals surface area contributed by atoms with Gasteiger partial charge in [0.1, 0.15) is 0 Å². The Bertz CT molecular complexity index is 698. The molecule has 0 aliphatic heterocycles. The normalized spacial score (nSPS) is 11.5. The number of hydrogen-bond donors (Lipinski definition) is 1. The zero-order valence-corrected chi connectivity index (χ0v) is 14.3. The van der Waals surface area contributed by atoms with Gasteiger partial charge in [-0.1, -0.05) is 18.2 Å². The Hall–Kier alpha value is -2.65. The molecule has 1 aromatic carbocycles. The van der Waals surface area contributed by atoms with Gasteiger partial charge in [0.15, 0.2) is 6.61 Å². The van der Waals surface area contributed by atoms with Crippen LogP contribution in [0.25, 0.3) is 0 Å². The molecule has 0 aliphatic carbocycles. The van der Waals surface area contributed by atoms with E-state index < -0.39 is 25.0 Å². The van der Waals surface area contributed by atoms with E-state index >= 15 is 0 Å². The molecule has 1 heterocycles. The number of anilines is 3. The van der Waals surface area contributed by atoms with Crippen molar-refractivity contribution in [2.24, 2.45) is 0 Å². The van der Waals surface area contributed by atoms with Crippen LogP contribution in [0.4, 0.5) is 35.1 Å². The van der Waals surface area contributed by atoms with Crippen LogP contribution >= 0.6 is 0 Å². The summed E-state index contributed by atoms with van der Waals surface area (Å²) in [6, 6.07) is 8.45. The van der Waals surface area contributed by atoms with E-state index in [4.69, 9.17) is 4.74 Å². The smallest absolute Gasteiger partial charge is 0.340 e. The Labute approximate surface area is 148 Å². The zero-order valence-electron chi connectivity index (χ0n) is 14.3. The van der Waals surface area contributed by atoms with Crippen molar-refractivity contribution >= 4 is 17.6 Å². The zero-order chi connectivity index (χ0) is 19.2. The molecule has 0 saturated heterocycles. The van der Waals surface area contributed by atoms with Crippen molar-refractivity contribution in [2.75, 3.05) is 29.9 Å². The number of rotatable bonds is 9. The quantitative estimate of drug-likeness (QED) is 0.676. The Morgan fingerprint density at radius 2 is 1.73 bits per heavy atom. The van der Waals surface area contributed by atoms with Crippen molar-refractivity contribution in [3.63, 3.8) is 0 Å². The molecule has 1 aromatic heterocycles. The van der Waals surface area contributed by atoms with Crippen LogP contribution in [0.1, 0.15) is 13.8 Å². The Morgan fingerprint density at radius 3 is 2.31 bits per heavy atom. The largest absolute Gasteiger partial charge is 0.457 e. The summed E-state index contributed by atoms with van der Waals surface area (Å²) in [6.45, 7) is 3.30. The monoisotopic (exact) mass is 373 g/mol. The van der Waals surface area contributed by atoms with E-state index in [0.29, 0.717) is 18.8 Å². The summed E-state index contributed by atoms with van der Waals surface area (Å²) < 4.78 is 55.5. The first-order valence-electron chi connectivity index (χ1n) is 7.97. The third kappa shape index (κ3) is 5.17. The highest BCUT2D eigenvalue weighted by molar-refractivity contribution is 5.54. The Morgan fingerprint density at radius 1 is 1.08 bits per heavy atom. The van der Waals surface area contributed by atoms with Crippen LogP contribution in [0, 0.1) is 0 Å². The van der Waals surface area contributed by atoms with Crippen molar-refractivity contribution in [3.05, 3.63) is 30.3 Å². The third-order valence-corrected chi connectivity index (χ3v) is 3.39. The van der Waals surface area contributed by atoms with E-state index in [2.05, 4.69) is 20.3 Å². The highest BCUT2D eigenvalue weighted by Crippen LogP contribution is 2.24. The molecule has 0 atom stereocenters.